The van der Waals surface area contributed by atoms with Crippen LogP contribution in [0.2, 0.25) is 0 Å². The Morgan fingerprint density at radius 2 is 1.95 bits per heavy atom. The van der Waals surface area contributed by atoms with Crippen LogP contribution < -0.4 is 0 Å². The topological polar surface area (TPSA) is 64.7 Å². The fourth-order valence-corrected chi connectivity index (χ4v) is 1.96. The average Bonchev–Trinajstić information content (AvgIpc) is 3.05. The third-order valence-electron chi connectivity index (χ3n) is 3.18. The van der Waals surface area contributed by atoms with E-state index < -0.39 is 6.17 Å². The standard InChI is InChI=1S/C15H13FN4O/c1-10(12-9-17-7-8-18-12)14-19-15(21-20-14)13(16)11-5-3-2-4-6-11/h2-10,13H,1H3. The lowest BCUT2D eigenvalue weighted by atomic mass is 10.1. The molecule has 0 aliphatic heterocycles. The second-order valence-electron chi connectivity index (χ2n) is 4.62. The lowest BCUT2D eigenvalue weighted by Crippen LogP contribution is -2.02. The van der Waals surface area contributed by atoms with E-state index in [-0.39, 0.29) is 11.8 Å². The summed E-state index contributed by atoms with van der Waals surface area (Å²) < 4.78 is 19.4. The van der Waals surface area contributed by atoms with Crippen molar-refractivity contribution in [1.82, 2.24) is 20.1 Å². The molecule has 0 amide bonds. The van der Waals surface area contributed by atoms with Gasteiger partial charge in [0.25, 0.3) is 5.89 Å². The van der Waals surface area contributed by atoms with Gasteiger partial charge in [-0.3, -0.25) is 9.97 Å². The maximum atomic E-state index is 14.3. The van der Waals surface area contributed by atoms with E-state index in [2.05, 4.69) is 20.1 Å². The van der Waals surface area contributed by atoms with Crippen LogP contribution in [0, 0.1) is 0 Å². The molecule has 21 heavy (non-hydrogen) atoms. The molecule has 2 unspecified atom stereocenters. The van der Waals surface area contributed by atoms with E-state index in [4.69, 9.17) is 4.52 Å². The van der Waals surface area contributed by atoms with Crippen molar-refractivity contribution in [2.75, 3.05) is 0 Å². The van der Waals surface area contributed by atoms with E-state index in [1.807, 2.05) is 13.0 Å². The van der Waals surface area contributed by atoms with Gasteiger partial charge in [-0.15, -0.1) is 0 Å². The second-order valence-corrected chi connectivity index (χ2v) is 4.62. The van der Waals surface area contributed by atoms with Crippen molar-refractivity contribution in [3.05, 3.63) is 71.9 Å². The Labute approximate surface area is 120 Å². The predicted molar refractivity (Wildman–Crippen MR) is 73.2 cm³/mol. The molecule has 2 heterocycles. The number of hydrogen-bond acceptors (Lipinski definition) is 5. The van der Waals surface area contributed by atoms with Crippen LogP contribution in [0.3, 0.4) is 0 Å². The third kappa shape index (κ3) is 2.79. The first-order chi connectivity index (χ1) is 10.3. The first kappa shape index (κ1) is 13.4. The molecular weight excluding hydrogens is 271 g/mol. The Morgan fingerprint density at radius 3 is 2.67 bits per heavy atom. The molecule has 2 aromatic heterocycles. The lowest BCUT2D eigenvalue weighted by Gasteiger charge is -2.04. The molecule has 0 aliphatic carbocycles. The molecule has 5 nitrogen and oxygen atoms in total. The van der Waals surface area contributed by atoms with Crippen LogP contribution in [-0.2, 0) is 0 Å². The zero-order valence-corrected chi connectivity index (χ0v) is 11.3. The van der Waals surface area contributed by atoms with Crippen molar-refractivity contribution in [2.24, 2.45) is 0 Å². The van der Waals surface area contributed by atoms with Crippen LogP contribution in [-0.4, -0.2) is 20.1 Å². The van der Waals surface area contributed by atoms with Gasteiger partial charge in [0.1, 0.15) is 0 Å². The fourth-order valence-electron chi connectivity index (χ4n) is 1.96. The maximum Gasteiger partial charge on any atom is 0.265 e. The van der Waals surface area contributed by atoms with Crippen molar-refractivity contribution in [3.8, 4) is 0 Å². The van der Waals surface area contributed by atoms with Gasteiger partial charge in [-0.25, -0.2) is 4.39 Å². The Balaban J connectivity index is 1.84. The number of benzene rings is 1. The van der Waals surface area contributed by atoms with Crippen molar-refractivity contribution in [3.63, 3.8) is 0 Å². The highest BCUT2D eigenvalue weighted by molar-refractivity contribution is 5.22. The molecule has 1 aromatic carbocycles. The van der Waals surface area contributed by atoms with Crippen molar-refractivity contribution in [1.29, 1.82) is 0 Å². The highest BCUT2D eigenvalue weighted by Crippen LogP contribution is 2.26. The number of aromatic nitrogens is 4. The van der Waals surface area contributed by atoms with E-state index in [0.717, 1.165) is 0 Å². The Kier molecular flexibility index (Phi) is 3.68. The molecule has 0 fully saturated rings. The van der Waals surface area contributed by atoms with Gasteiger partial charge in [-0.1, -0.05) is 35.5 Å². The first-order valence-electron chi connectivity index (χ1n) is 6.54. The third-order valence-corrected chi connectivity index (χ3v) is 3.18. The van der Waals surface area contributed by atoms with Crippen LogP contribution in [0.4, 0.5) is 4.39 Å². The van der Waals surface area contributed by atoms with Crippen molar-refractivity contribution < 1.29 is 8.91 Å². The summed E-state index contributed by atoms with van der Waals surface area (Å²) in [6.45, 7) is 1.87. The summed E-state index contributed by atoms with van der Waals surface area (Å²) in [6, 6.07) is 8.72. The van der Waals surface area contributed by atoms with Crippen LogP contribution in [0.25, 0.3) is 0 Å². The molecule has 0 aliphatic rings. The Hall–Kier alpha value is -2.63. The van der Waals surface area contributed by atoms with Gasteiger partial charge in [0, 0.05) is 18.6 Å². The molecule has 0 N–H and O–H groups in total. The normalized spacial score (nSPS) is 13.8. The van der Waals surface area contributed by atoms with E-state index >= 15 is 0 Å². The summed E-state index contributed by atoms with van der Waals surface area (Å²) in [5.41, 5.74) is 1.19. The van der Waals surface area contributed by atoms with E-state index in [0.29, 0.717) is 17.1 Å². The van der Waals surface area contributed by atoms with E-state index in [9.17, 15) is 4.39 Å². The highest BCUT2D eigenvalue weighted by atomic mass is 19.1. The minimum Gasteiger partial charge on any atom is -0.336 e. The summed E-state index contributed by atoms with van der Waals surface area (Å²) in [5.74, 6) is 0.134. The summed E-state index contributed by atoms with van der Waals surface area (Å²) >= 11 is 0. The predicted octanol–water partition coefficient (Wildman–Crippen LogP) is 3.07. The maximum absolute atomic E-state index is 14.3. The van der Waals surface area contributed by atoms with E-state index in [1.54, 1.807) is 42.9 Å². The number of halogens is 1. The molecule has 2 atom stereocenters. The highest BCUT2D eigenvalue weighted by Gasteiger charge is 2.23. The second kappa shape index (κ2) is 5.78. The average molecular weight is 284 g/mol. The summed E-state index contributed by atoms with van der Waals surface area (Å²) in [4.78, 5) is 12.3. The number of nitrogens with zero attached hydrogens (tertiary/aromatic N) is 4. The minimum absolute atomic E-state index is 0.0491. The molecule has 6 heteroatoms. The number of rotatable bonds is 4. The number of hydrogen-bond donors (Lipinski definition) is 0. The van der Waals surface area contributed by atoms with Crippen LogP contribution in [0.5, 0.6) is 0 Å². The minimum atomic E-state index is -1.43. The van der Waals surface area contributed by atoms with Gasteiger partial charge < -0.3 is 4.52 Å². The Morgan fingerprint density at radius 1 is 1.14 bits per heavy atom. The van der Waals surface area contributed by atoms with Gasteiger partial charge in [0.05, 0.1) is 11.6 Å². The van der Waals surface area contributed by atoms with Crippen molar-refractivity contribution in [2.45, 2.75) is 19.0 Å². The van der Waals surface area contributed by atoms with Crippen molar-refractivity contribution >= 4 is 0 Å². The summed E-state index contributed by atoms with van der Waals surface area (Å²) in [7, 11) is 0. The first-order valence-corrected chi connectivity index (χ1v) is 6.54. The lowest BCUT2D eigenvalue weighted by molar-refractivity contribution is 0.280. The SMILES string of the molecule is CC(c1cnccn1)c1noc(C(F)c2ccccc2)n1. The van der Waals surface area contributed by atoms with Crippen LogP contribution >= 0.6 is 0 Å². The zero-order chi connectivity index (χ0) is 14.7. The molecule has 0 spiro atoms. The van der Waals surface area contributed by atoms with E-state index in [1.165, 1.54) is 0 Å². The molecule has 0 radical (unpaired) electrons. The monoisotopic (exact) mass is 284 g/mol. The van der Waals surface area contributed by atoms with Gasteiger partial charge in [-0.05, 0) is 12.5 Å². The van der Waals surface area contributed by atoms with Gasteiger partial charge in [-0.2, -0.15) is 4.98 Å². The van der Waals surface area contributed by atoms with Gasteiger partial charge >= 0.3 is 0 Å². The molecule has 3 rings (SSSR count). The molecule has 106 valence electrons. The fraction of sp³-hybridized carbons (Fsp3) is 0.200. The summed E-state index contributed by atoms with van der Waals surface area (Å²) in [5, 5.41) is 3.85. The molecule has 3 aromatic rings. The molecule has 0 saturated heterocycles. The van der Waals surface area contributed by atoms with Gasteiger partial charge in [0.2, 0.25) is 6.17 Å². The smallest absolute Gasteiger partial charge is 0.265 e. The van der Waals surface area contributed by atoms with Crippen LogP contribution in [0.15, 0.2) is 53.4 Å². The number of alkyl halides is 1. The van der Waals surface area contributed by atoms with Crippen LogP contribution in [0.1, 0.15) is 42.0 Å². The quantitative estimate of drug-likeness (QED) is 0.736. The molecular formula is C15H13FN4O. The summed E-state index contributed by atoms with van der Waals surface area (Å²) in [6.07, 6.45) is 3.38. The van der Waals surface area contributed by atoms with Gasteiger partial charge in [0.15, 0.2) is 5.82 Å². The zero-order valence-electron chi connectivity index (χ0n) is 11.3. The molecule has 0 bridgehead atoms. The largest absolute Gasteiger partial charge is 0.336 e. The molecule has 0 saturated carbocycles. The Bertz CT molecular complexity index is 642.